The number of benzene rings is 1. The zero-order valence-electron chi connectivity index (χ0n) is 11.1. The average molecular weight is 257 g/mol. The smallest absolute Gasteiger partial charge is 0.231 e. The maximum absolute atomic E-state index is 12.3. The first-order valence-corrected chi connectivity index (χ1v) is 6.59. The second kappa shape index (κ2) is 5.41. The van der Waals surface area contributed by atoms with Gasteiger partial charge in [-0.2, -0.15) is 5.26 Å². The van der Waals surface area contributed by atoms with Crippen LogP contribution in [0.15, 0.2) is 24.3 Å². The molecule has 1 amide bonds. The van der Waals surface area contributed by atoms with Crippen LogP contribution < -0.4 is 11.1 Å². The van der Waals surface area contributed by atoms with E-state index in [0.717, 1.165) is 30.5 Å². The highest BCUT2D eigenvalue weighted by molar-refractivity contribution is 5.95. The van der Waals surface area contributed by atoms with Gasteiger partial charge >= 0.3 is 0 Å². The first kappa shape index (κ1) is 13.6. The van der Waals surface area contributed by atoms with E-state index in [9.17, 15) is 4.79 Å². The minimum absolute atomic E-state index is 0.00877. The molecule has 0 aromatic heterocycles. The van der Waals surface area contributed by atoms with Crippen LogP contribution in [-0.2, 0) is 11.2 Å². The number of rotatable bonds is 3. The van der Waals surface area contributed by atoms with Crippen LogP contribution in [0.1, 0.15) is 31.7 Å². The zero-order chi connectivity index (χ0) is 13.9. The summed E-state index contributed by atoms with van der Waals surface area (Å²) in [5.41, 5.74) is 7.27. The van der Waals surface area contributed by atoms with Gasteiger partial charge in [0, 0.05) is 11.7 Å². The van der Waals surface area contributed by atoms with Gasteiger partial charge in [0.25, 0.3) is 0 Å². The Kier molecular flexibility index (Phi) is 3.87. The van der Waals surface area contributed by atoms with Crippen LogP contribution in [0.2, 0.25) is 0 Å². The van der Waals surface area contributed by atoms with E-state index in [1.807, 2.05) is 31.2 Å². The third kappa shape index (κ3) is 2.77. The van der Waals surface area contributed by atoms with Crippen molar-refractivity contribution in [3.05, 3.63) is 29.8 Å². The summed E-state index contributed by atoms with van der Waals surface area (Å²) in [6.07, 6.45) is 3.14. The summed E-state index contributed by atoms with van der Waals surface area (Å²) in [6, 6.07) is 9.40. The van der Waals surface area contributed by atoms with E-state index in [1.54, 1.807) is 0 Å². The van der Waals surface area contributed by atoms with Gasteiger partial charge in [0.15, 0.2) is 0 Å². The lowest BCUT2D eigenvalue weighted by Gasteiger charge is -2.27. The normalized spacial score (nSPS) is 25.8. The lowest BCUT2D eigenvalue weighted by Crippen LogP contribution is -2.44. The van der Waals surface area contributed by atoms with Gasteiger partial charge in [0.2, 0.25) is 5.91 Å². The summed E-state index contributed by atoms with van der Waals surface area (Å²) in [4.78, 5) is 12.3. The topological polar surface area (TPSA) is 78.9 Å². The Morgan fingerprint density at radius 3 is 2.74 bits per heavy atom. The van der Waals surface area contributed by atoms with Gasteiger partial charge < -0.3 is 11.1 Å². The van der Waals surface area contributed by atoms with E-state index in [-0.39, 0.29) is 11.9 Å². The molecule has 0 saturated heterocycles. The number of nitrogens with one attached hydrogen (secondary N) is 1. The third-order valence-electron chi connectivity index (χ3n) is 4.04. The zero-order valence-corrected chi connectivity index (χ0v) is 11.1. The van der Waals surface area contributed by atoms with Crippen molar-refractivity contribution in [3.8, 4) is 6.07 Å². The summed E-state index contributed by atoms with van der Waals surface area (Å²) in [5, 5.41) is 11.5. The summed E-state index contributed by atoms with van der Waals surface area (Å²) >= 11 is 0. The molecular weight excluding hydrogens is 238 g/mol. The number of nitriles is 1. The van der Waals surface area contributed by atoms with E-state index >= 15 is 0 Å². The molecule has 0 radical (unpaired) electrons. The van der Waals surface area contributed by atoms with Gasteiger partial charge in [-0.05, 0) is 37.5 Å². The number of carbonyl (C=O) groups is 1. The SMILES string of the molecule is CC1(C(=O)Nc2ccc(CC#N)cc2)CCCC1N. The van der Waals surface area contributed by atoms with Crippen LogP contribution in [0.3, 0.4) is 0 Å². The van der Waals surface area contributed by atoms with Crippen LogP contribution in [0.4, 0.5) is 5.69 Å². The predicted molar refractivity (Wildman–Crippen MR) is 74.3 cm³/mol. The molecule has 0 spiro atoms. The Morgan fingerprint density at radius 2 is 2.21 bits per heavy atom. The van der Waals surface area contributed by atoms with Gasteiger partial charge in [-0.15, -0.1) is 0 Å². The maximum atomic E-state index is 12.3. The number of anilines is 1. The van der Waals surface area contributed by atoms with Crippen molar-refractivity contribution < 1.29 is 4.79 Å². The summed E-state index contributed by atoms with van der Waals surface area (Å²) in [5.74, 6) is -0.00877. The number of hydrogen-bond donors (Lipinski definition) is 2. The van der Waals surface area contributed by atoms with Gasteiger partial charge in [-0.3, -0.25) is 4.79 Å². The van der Waals surface area contributed by atoms with Crippen LogP contribution in [0.25, 0.3) is 0 Å². The lowest BCUT2D eigenvalue weighted by atomic mass is 9.84. The van der Waals surface area contributed by atoms with Gasteiger partial charge in [0.1, 0.15) is 0 Å². The summed E-state index contributed by atoms with van der Waals surface area (Å²) < 4.78 is 0. The second-order valence-corrected chi connectivity index (χ2v) is 5.40. The quantitative estimate of drug-likeness (QED) is 0.871. The standard InChI is InChI=1S/C15H19N3O/c1-15(9-2-3-13(15)17)14(19)18-12-6-4-11(5-7-12)8-10-16/h4-7,13H,2-3,8-9,17H2,1H3,(H,18,19). The molecule has 3 N–H and O–H groups in total. The Morgan fingerprint density at radius 1 is 1.53 bits per heavy atom. The van der Waals surface area contributed by atoms with Gasteiger partial charge in [-0.25, -0.2) is 0 Å². The molecule has 1 fully saturated rings. The number of amides is 1. The van der Waals surface area contributed by atoms with E-state index in [0.29, 0.717) is 6.42 Å². The molecule has 2 rings (SSSR count). The van der Waals surface area contributed by atoms with Crippen LogP contribution in [-0.4, -0.2) is 11.9 Å². The van der Waals surface area contributed by atoms with Crippen LogP contribution >= 0.6 is 0 Å². The fraction of sp³-hybridized carbons (Fsp3) is 0.467. The van der Waals surface area contributed by atoms with Gasteiger partial charge in [0.05, 0.1) is 17.9 Å². The number of nitrogens with zero attached hydrogens (tertiary/aromatic N) is 1. The molecule has 4 heteroatoms. The van der Waals surface area contributed by atoms with Gasteiger partial charge in [-0.1, -0.05) is 18.6 Å². The van der Waals surface area contributed by atoms with Crippen molar-refractivity contribution in [2.24, 2.45) is 11.1 Å². The molecule has 1 aromatic rings. The van der Waals surface area contributed by atoms with E-state index in [2.05, 4.69) is 11.4 Å². The molecular formula is C15H19N3O. The summed E-state index contributed by atoms with van der Waals surface area (Å²) in [6.45, 7) is 1.93. The number of hydrogen-bond acceptors (Lipinski definition) is 3. The summed E-state index contributed by atoms with van der Waals surface area (Å²) in [7, 11) is 0. The molecule has 0 bridgehead atoms. The first-order valence-electron chi connectivity index (χ1n) is 6.59. The van der Waals surface area contributed by atoms with Crippen molar-refractivity contribution in [2.75, 3.05) is 5.32 Å². The van der Waals surface area contributed by atoms with Crippen LogP contribution in [0, 0.1) is 16.7 Å². The van der Waals surface area contributed by atoms with Crippen molar-refractivity contribution in [3.63, 3.8) is 0 Å². The van der Waals surface area contributed by atoms with Crippen molar-refractivity contribution in [2.45, 2.75) is 38.6 Å². The fourth-order valence-electron chi connectivity index (χ4n) is 2.55. The number of nitrogens with two attached hydrogens (primary N) is 1. The van der Waals surface area contributed by atoms with Crippen molar-refractivity contribution in [1.29, 1.82) is 5.26 Å². The molecule has 1 aliphatic rings. The van der Waals surface area contributed by atoms with E-state index in [4.69, 9.17) is 11.0 Å². The molecule has 0 aliphatic heterocycles. The largest absolute Gasteiger partial charge is 0.327 e. The predicted octanol–water partition coefficient (Wildman–Crippen LogP) is 2.21. The molecule has 1 saturated carbocycles. The minimum Gasteiger partial charge on any atom is -0.327 e. The van der Waals surface area contributed by atoms with Crippen LogP contribution in [0.5, 0.6) is 0 Å². The molecule has 1 aromatic carbocycles. The monoisotopic (exact) mass is 257 g/mol. The molecule has 4 nitrogen and oxygen atoms in total. The second-order valence-electron chi connectivity index (χ2n) is 5.40. The first-order chi connectivity index (χ1) is 9.06. The van der Waals surface area contributed by atoms with Crippen molar-refractivity contribution in [1.82, 2.24) is 0 Å². The fourth-order valence-corrected chi connectivity index (χ4v) is 2.55. The lowest BCUT2D eigenvalue weighted by molar-refractivity contribution is -0.125. The third-order valence-corrected chi connectivity index (χ3v) is 4.04. The average Bonchev–Trinajstić information content (AvgIpc) is 2.74. The van der Waals surface area contributed by atoms with E-state index in [1.165, 1.54) is 0 Å². The highest BCUT2D eigenvalue weighted by atomic mass is 16.2. The van der Waals surface area contributed by atoms with Crippen molar-refractivity contribution >= 4 is 11.6 Å². The molecule has 100 valence electrons. The Balaban J connectivity index is 2.05. The molecule has 2 unspecified atom stereocenters. The highest BCUT2D eigenvalue weighted by Gasteiger charge is 2.42. The molecule has 19 heavy (non-hydrogen) atoms. The molecule has 1 aliphatic carbocycles. The Bertz CT molecular complexity index is 503. The highest BCUT2D eigenvalue weighted by Crippen LogP contribution is 2.37. The Labute approximate surface area is 113 Å². The van der Waals surface area contributed by atoms with E-state index < -0.39 is 5.41 Å². The number of carbonyl (C=O) groups excluding carboxylic acids is 1. The molecule has 2 atom stereocenters. The maximum Gasteiger partial charge on any atom is 0.231 e. The molecule has 0 heterocycles. The minimum atomic E-state index is -0.467. The Hall–Kier alpha value is -1.86.